The van der Waals surface area contributed by atoms with E-state index in [1.54, 1.807) is 0 Å². The molecule has 0 aliphatic carbocycles. The van der Waals surface area contributed by atoms with Gasteiger partial charge in [-0.2, -0.15) is 5.10 Å². The van der Waals surface area contributed by atoms with Crippen LogP contribution in [0.5, 0.6) is 0 Å². The second kappa shape index (κ2) is 3.34. The minimum atomic E-state index is -0.108. The average Bonchev–Trinajstić information content (AvgIpc) is 2.41. The molecule has 1 N–H and O–H groups in total. The van der Waals surface area contributed by atoms with E-state index in [0.717, 1.165) is 11.5 Å². The molecule has 4 nitrogen and oxygen atoms in total. The Morgan fingerprint density at radius 1 is 1.44 bits per heavy atom. The van der Waals surface area contributed by atoms with Gasteiger partial charge in [0.05, 0.1) is 11.2 Å². The summed E-state index contributed by atoms with van der Waals surface area (Å²) in [7, 11) is 0. The van der Waals surface area contributed by atoms with Gasteiger partial charge >= 0.3 is 0 Å². The number of amides is 1. The third kappa shape index (κ3) is 1.62. The Morgan fingerprint density at radius 2 is 2.06 bits per heavy atom. The monoisotopic (exact) mass is 221 g/mol. The summed E-state index contributed by atoms with van der Waals surface area (Å²) >= 11 is 0. The highest BCUT2D eigenvalue weighted by Crippen LogP contribution is 2.36. The van der Waals surface area contributed by atoms with Crippen molar-refractivity contribution in [1.29, 1.82) is 0 Å². The lowest BCUT2D eigenvalue weighted by atomic mass is 9.94. The van der Waals surface area contributed by atoms with E-state index in [1.165, 1.54) is 5.56 Å². The summed E-state index contributed by atoms with van der Waals surface area (Å²) in [6.07, 6.45) is 0.559. The largest absolute Gasteiger partial charge is 0.311 e. The van der Waals surface area contributed by atoms with Crippen molar-refractivity contribution < 1.29 is 4.79 Å². The van der Waals surface area contributed by atoms with E-state index in [2.05, 4.69) is 38.1 Å². The van der Waals surface area contributed by atoms with Gasteiger partial charge in [-0.25, -0.2) is 4.68 Å². The Bertz CT molecular complexity index is 440. The van der Waals surface area contributed by atoms with Gasteiger partial charge in [-0.3, -0.25) is 4.79 Å². The summed E-state index contributed by atoms with van der Waals surface area (Å²) in [5.41, 5.74) is 2.11. The highest BCUT2D eigenvalue weighted by atomic mass is 16.1. The van der Waals surface area contributed by atoms with Gasteiger partial charge in [-0.15, -0.1) is 0 Å². The van der Waals surface area contributed by atoms with Gasteiger partial charge in [0.1, 0.15) is 5.82 Å². The molecule has 1 amide bonds. The van der Waals surface area contributed by atoms with Crippen LogP contribution in [0.3, 0.4) is 0 Å². The Morgan fingerprint density at radius 3 is 2.62 bits per heavy atom. The minimum Gasteiger partial charge on any atom is -0.311 e. The van der Waals surface area contributed by atoms with Gasteiger partial charge < -0.3 is 5.32 Å². The van der Waals surface area contributed by atoms with Gasteiger partial charge in [-0.05, 0) is 33.6 Å². The number of anilines is 1. The lowest BCUT2D eigenvalue weighted by molar-refractivity contribution is -0.116. The fourth-order valence-electron chi connectivity index (χ4n) is 2.30. The summed E-state index contributed by atoms with van der Waals surface area (Å²) in [5, 5.41) is 7.50. The molecule has 16 heavy (non-hydrogen) atoms. The van der Waals surface area contributed by atoms with E-state index in [9.17, 15) is 4.79 Å². The molecule has 1 aromatic rings. The number of aryl methyl sites for hydroxylation is 1. The van der Waals surface area contributed by atoms with Crippen LogP contribution >= 0.6 is 0 Å². The number of nitrogens with zero attached hydrogens (tertiary/aromatic N) is 2. The van der Waals surface area contributed by atoms with E-state index in [1.807, 2.05) is 11.6 Å². The Hall–Kier alpha value is -1.32. The number of rotatable bonds is 0. The third-order valence-electron chi connectivity index (χ3n) is 2.98. The van der Waals surface area contributed by atoms with Crippen LogP contribution in [0.4, 0.5) is 5.82 Å². The summed E-state index contributed by atoms with van der Waals surface area (Å²) < 4.78 is 1.92. The molecular weight excluding hydrogens is 202 g/mol. The predicted molar refractivity (Wildman–Crippen MR) is 63.6 cm³/mol. The maximum Gasteiger partial charge on any atom is 0.226 e. The molecule has 0 radical (unpaired) electrons. The van der Waals surface area contributed by atoms with Crippen molar-refractivity contribution in [2.24, 2.45) is 0 Å². The standard InChI is InChI=1S/C12H19N3O/c1-7-6-9(16)13-11-10(7)8(2)14-15(11)12(3,4)5/h7H,6H2,1-5H3,(H,13,16). The van der Waals surface area contributed by atoms with Gasteiger partial charge in [0.15, 0.2) is 0 Å². The molecule has 1 unspecified atom stereocenters. The van der Waals surface area contributed by atoms with Crippen LogP contribution in [-0.2, 0) is 10.3 Å². The van der Waals surface area contributed by atoms with Gasteiger partial charge in [-0.1, -0.05) is 6.92 Å². The van der Waals surface area contributed by atoms with E-state index in [0.29, 0.717) is 6.42 Å². The van der Waals surface area contributed by atoms with Crippen molar-refractivity contribution in [3.05, 3.63) is 11.3 Å². The molecule has 0 bridgehead atoms. The van der Waals surface area contributed by atoms with Crippen LogP contribution in [0, 0.1) is 6.92 Å². The molecule has 1 aliphatic rings. The normalized spacial score (nSPS) is 20.6. The van der Waals surface area contributed by atoms with Crippen LogP contribution in [-0.4, -0.2) is 15.7 Å². The topological polar surface area (TPSA) is 46.9 Å². The molecule has 1 atom stereocenters. The van der Waals surface area contributed by atoms with Crippen LogP contribution in [0.25, 0.3) is 0 Å². The Kier molecular flexibility index (Phi) is 2.33. The zero-order valence-electron chi connectivity index (χ0n) is 10.6. The molecule has 2 rings (SSSR count). The molecule has 1 aromatic heterocycles. The molecule has 0 saturated heterocycles. The molecule has 4 heteroatoms. The van der Waals surface area contributed by atoms with Crippen molar-refractivity contribution in [2.45, 2.75) is 52.5 Å². The molecule has 0 spiro atoms. The highest BCUT2D eigenvalue weighted by molar-refractivity contribution is 5.94. The van der Waals surface area contributed by atoms with E-state index < -0.39 is 0 Å². The second-order valence-electron chi connectivity index (χ2n) is 5.58. The first-order valence-electron chi connectivity index (χ1n) is 5.70. The molecule has 0 saturated carbocycles. The second-order valence-corrected chi connectivity index (χ2v) is 5.58. The van der Waals surface area contributed by atoms with E-state index in [4.69, 9.17) is 0 Å². The average molecular weight is 221 g/mol. The van der Waals surface area contributed by atoms with Crippen molar-refractivity contribution in [3.8, 4) is 0 Å². The van der Waals surface area contributed by atoms with Crippen LogP contribution < -0.4 is 5.32 Å². The molecule has 1 aliphatic heterocycles. The molecule has 88 valence electrons. The van der Waals surface area contributed by atoms with Crippen molar-refractivity contribution in [2.75, 3.05) is 5.32 Å². The summed E-state index contributed by atoms with van der Waals surface area (Å²) in [6.45, 7) is 10.4. The number of fused-ring (bicyclic) bond motifs is 1. The van der Waals surface area contributed by atoms with Crippen molar-refractivity contribution in [1.82, 2.24) is 9.78 Å². The van der Waals surface area contributed by atoms with Crippen LogP contribution in [0.1, 0.15) is 51.3 Å². The van der Waals surface area contributed by atoms with Crippen molar-refractivity contribution in [3.63, 3.8) is 0 Å². The Labute approximate surface area is 96.0 Å². The quantitative estimate of drug-likeness (QED) is 0.731. The van der Waals surface area contributed by atoms with Crippen molar-refractivity contribution >= 4 is 11.7 Å². The molecule has 0 aromatic carbocycles. The first-order valence-corrected chi connectivity index (χ1v) is 5.70. The number of carbonyl (C=O) groups excluding carboxylic acids is 1. The summed E-state index contributed by atoms with van der Waals surface area (Å²) in [4.78, 5) is 11.6. The number of hydrogen-bond donors (Lipinski definition) is 1. The first-order chi connectivity index (χ1) is 7.30. The zero-order valence-corrected chi connectivity index (χ0v) is 10.6. The number of nitrogens with one attached hydrogen (secondary N) is 1. The fourth-order valence-corrected chi connectivity index (χ4v) is 2.30. The minimum absolute atomic E-state index is 0.0883. The number of aromatic nitrogens is 2. The first kappa shape index (κ1) is 11.2. The smallest absolute Gasteiger partial charge is 0.226 e. The maximum atomic E-state index is 11.6. The van der Waals surface area contributed by atoms with E-state index >= 15 is 0 Å². The zero-order chi connectivity index (χ0) is 12.1. The number of carbonyl (C=O) groups is 1. The molecule has 0 fully saturated rings. The lowest BCUT2D eigenvalue weighted by Crippen LogP contribution is -2.29. The van der Waals surface area contributed by atoms with Crippen LogP contribution in [0.2, 0.25) is 0 Å². The van der Waals surface area contributed by atoms with Gasteiger partial charge in [0.25, 0.3) is 0 Å². The molecule has 2 heterocycles. The summed E-state index contributed by atoms with van der Waals surface area (Å²) in [6, 6.07) is 0. The maximum absolute atomic E-state index is 11.6. The van der Waals surface area contributed by atoms with Gasteiger partial charge in [0.2, 0.25) is 5.91 Å². The summed E-state index contributed by atoms with van der Waals surface area (Å²) in [5.74, 6) is 1.24. The highest BCUT2D eigenvalue weighted by Gasteiger charge is 2.31. The fraction of sp³-hybridized carbons (Fsp3) is 0.667. The third-order valence-corrected chi connectivity index (χ3v) is 2.98. The van der Waals surface area contributed by atoms with Gasteiger partial charge in [0, 0.05) is 12.0 Å². The van der Waals surface area contributed by atoms with Crippen LogP contribution in [0.15, 0.2) is 0 Å². The predicted octanol–water partition coefficient (Wildman–Crippen LogP) is 2.39. The Balaban J connectivity index is 2.60. The number of hydrogen-bond acceptors (Lipinski definition) is 2. The SMILES string of the molecule is Cc1nn(C(C)(C)C)c2c1C(C)CC(=O)N2. The van der Waals surface area contributed by atoms with E-state index in [-0.39, 0.29) is 17.4 Å². The molecular formula is C12H19N3O. The lowest BCUT2D eigenvalue weighted by Gasteiger charge is -2.26.